The fraction of sp³-hybridized carbons (Fsp3) is 0.462. The lowest BCUT2D eigenvalue weighted by molar-refractivity contribution is -0.140. The van der Waals surface area contributed by atoms with E-state index >= 15 is 0 Å². The van der Waals surface area contributed by atoms with Crippen LogP contribution in [0.15, 0.2) is 54.6 Å². The number of aliphatic hydroxyl groups is 1. The number of carbonyl (C=O) groups excluding carboxylic acids is 1. The normalized spacial score (nSPS) is 14.8. The molecule has 0 aromatic heterocycles. The molecule has 2 rings (SSSR count). The first-order chi connectivity index (χ1) is 15.8. The van der Waals surface area contributed by atoms with Crippen molar-refractivity contribution in [2.75, 3.05) is 6.54 Å². The third kappa shape index (κ3) is 9.24. The molecule has 0 saturated heterocycles. The van der Waals surface area contributed by atoms with Crippen LogP contribution in [0.3, 0.4) is 0 Å². The predicted molar refractivity (Wildman–Crippen MR) is 128 cm³/mol. The highest BCUT2D eigenvalue weighted by molar-refractivity contribution is 5.86. The van der Waals surface area contributed by atoms with E-state index in [1.165, 1.54) is 0 Å². The van der Waals surface area contributed by atoms with Crippen molar-refractivity contribution >= 4 is 11.9 Å². The van der Waals surface area contributed by atoms with E-state index in [0.29, 0.717) is 19.4 Å². The number of aliphatic hydroxyl groups excluding tert-OH is 1. The zero-order valence-corrected chi connectivity index (χ0v) is 19.4. The minimum Gasteiger partial charge on any atom is -0.508 e. The third-order valence-corrected chi connectivity index (χ3v) is 5.90. The van der Waals surface area contributed by atoms with Crippen molar-refractivity contribution in [1.82, 2.24) is 10.6 Å². The molecule has 33 heavy (non-hydrogen) atoms. The number of aliphatic carboxylic acids is 1. The first-order valence-electron chi connectivity index (χ1n) is 11.6. The number of nitrogens with one attached hydrogen (secondary N) is 2. The molecule has 0 saturated carbocycles. The standard InChI is InChI=1S/C26H36N2O5/c1-3-20(21-9-5-4-6-10-21)16-24(30)18(2)28-26(33)23(17-25(31)32)27-15-7-8-19-11-13-22(29)14-12-19/h4-6,9-14,18,20,23-24,27,29-30H,3,7-8,15-17H2,1-2H3,(H,28,33)(H,31,32)/t18?,20?,23-,24?/m0/s1. The molecule has 0 spiro atoms. The van der Waals surface area contributed by atoms with E-state index in [-0.39, 0.29) is 18.1 Å². The highest BCUT2D eigenvalue weighted by Crippen LogP contribution is 2.25. The van der Waals surface area contributed by atoms with Gasteiger partial charge in [-0.1, -0.05) is 49.4 Å². The lowest BCUT2D eigenvalue weighted by Crippen LogP contribution is -2.51. The van der Waals surface area contributed by atoms with Gasteiger partial charge in [-0.3, -0.25) is 9.59 Å². The van der Waals surface area contributed by atoms with Crippen LogP contribution in [0.5, 0.6) is 5.75 Å². The van der Waals surface area contributed by atoms with Gasteiger partial charge in [0.15, 0.2) is 0 Å². The molecule has 0 heterocycles. The van der Waals surface area contributed by atoms with Crippen molar-refractivity contribution < 1.29 is 24.9 Å². The van der Waals surface area contributed by atoms with E-state index in [2.05, 4.69) is 17.6 Å². The Balaban J connectivity index is 1.86. The quantitative estimate of drug-likeness (QED) is 0.279. The molecule has 1 amide bonds. The van der Waals surface area contributed by atoms with Crippen molar-refractivity contribution in [3.05, 3.63) is 65.7 Å². The van der Waals surface area contributed by atoms with Gasteiger partial charge in [-0.05, 0) is 68.3 Å². The molecule has 5 N–H and O–H groups in total. The number of hydrogen-bond acceptors (Lipinski definition) is 5. The molecule has 180 valence electrons. The molecular formula is C26H36N2O5. The topological polar surface area (TPSA) is 119 Å². The molecule has 0 aliphatic carbocycles. The molecule has 7 heteroatoms. The van der Waals surface area contributed by atoms with Crippen molar-refractivity contribution in [1.29, 1.82) is 0 Å². The largest absolute Gasteiger partial charge is 0.508 e. The van der Waals surface area contributed by atoms with Crippen LogP contribution in [0.25, 0.3) is 0 Å². The molecule has 0 bridgehead atoms. The Hall–Kier alpha value is -2.90. The smallest absolute Gasteiger partial charge is 0.305 e. The van der Waals surface area contributed by atoms with Crippen LogP contribution in [0.2, 0.25) is 0 Å². The van der Waals surface area contributed by atoms with E-state index in [9.17, 15) is 24.9 Å². The number of aromatic hydroxyl groups is 1. The fourth-order valence-corrected chi connectivity index (χ4v) is 3.84. The Bertz CT molecular complexity index is 857. The second-order valence-electron chi connectivity index (χ2n) is 8.49. The van der Waals surface area contributed by atoms with Gasteiger partial charge in [0.25, 0.3) is 0 Å². The summed E-state index contributed by atoms with van der Waals surface area (Å²) >= 11 is 0. The maximum Gasteiger partial charge on any atom is 0.305 e. The Morgan fingerprint density at radius 3 is 2.30 bits per heavy atom. The van der Waals surface area contributed by atoms with E-state index in [0.717, 1.165) is 24.0 Å². The van der Waals surface area contributed by atoms with Gasteiger partial charge < -0.3 is 26.0 Å². The number of phenolic OH excluding ortho intramolecular Hbond substituents is 1. The van der Waals surface area contributed by atoms with Crippen LogP contribution in [-0.4, -0.2) is 51.9 Å². The van der Waals surface area contributed by atoms with Gasteiger partial charge in [0.05, 0.1) is 24.6 Å². The summed E-state index contributed by atoms with van der Waals surface area (Å²) in [4.78, 5) is 24.0. The van der Waals surface area contributed by atoms with E-state index < -0.39 is 30.1 Å². The minimum atomic E-state index is -1.07. The summed E-state index contributed by atoms with van der Waals surface area (Å²) in [6.45, 7) is 4.27. The number of rotatable bonds is 14. The molecule has 0 radical (unpaired) electrons. The highest BCUT2D eigenvalue weighted by Gasteiger charge is 2.26. The lowest BCUT2D eigenvalue weighted by Gasteiger charge is -2.26. The van der Waals surface area contributed by atoms with Crippen LogP contribution >= 0.6 is 0 Å². The summed E-state index contributed by atoms with van der Waals surface area (Å²) in [6.07, 6.45) is 1.73. The minimum absolute atomic E-state index is 0.174. The summed E-state index contributed by atoms with van der Waals surface area (Å²) in [6, 6.07) is 15.5. The van der Waals surface area contributed by atoms with Gasteiger partial charge >= 0.3 is 5.97 Å². The monoisotopic (exact) mass is 456 g/mol. The Morgan fingerprint density at radius 1 is 1.03 bits per heavy atom. The Labute approximate surface area is 195 Å². The number of carboxylic acids is 1. The van der Waals surface area contributed by atoms with Crippen molar-refractivity contribution in [3.8, 4) is 5.75 Å². The van der Waals surface area contributed by atoms with Gasteiger partial charge in [-0.15, -0.1) is 0 Å². The predicted octanol–water partition coefficient (Wildman–Crippen LogP) is 3.21. The lowest BCUT2D eigenvalue weighted by atomic mass is 9.89. The third-order valence-electron chi connectivity index (χ3n) is 5.90. The molecular weight excluding hydrogens is 420 g/mol. The molecule has 2 aromatic rings. The van der Waals surface area contributed by atoms with Crippen molar-refractivity contribution in [2.24, 2.45) is 0 Å². The first-order valence-corrected chi connectivity index (χ1v) is 11.6. The second kappa shape index (κ2) is 13.6. The molecule has 2 aromatic carbocycles. The molecule has 3 unspecified atom stereocenters. The zero-order valence-electron chi connectivity index (χ0n) is 19.4. The van der Waals surface area contributed by atoms with Crippen LogP contribution in [0.4, 0.5) is 0 Å². The van der Waals surface area contributed by atoms with E-state index in [1.807, 2.05) is 42.5 Å². The van der Waals surface area contributed by atoms with Crippen LogP contribution in [0, 0.1) is 0 Å². The maximum atomic E-state index is 12.7. The molecule has 0 aliphatic rings. The molecule has 4 atom stereocenters. The average Bonchev–Trinajstić information content (AvgIpc) is 2.80. The van der Waals surface area contributed by atoms with E-state index in [1.54, 1.807) is 19.1 Å². The number of carboxylic acid groups (broad SMARTS) is 1. The second-order valence-corrected chi connectivity index (χ2v) is 8.49. The zero-order chi connectivity index (χ0) is 24.2. The number of amides is 1. The Kier molecular flexibility index (Phi) is 10.9. The van der Waals surface area contributed by atoms with Gasteiger partial charge in [-0.25, -0.2) is 0 Å². The number of phenols is 1. The molecule has 0 fully saturated rings. The summed E-state index contributed by atoms with van der Waals surface area (Å²) in [5.41, 5.74) is 2.20. The number of aryl methyl sites for hydroxylation is 1. The van der Waals surface area contributed by atoms with Gasteiger partial charge in [-0.2, -0.15) is 0 Å². The fourth-order valence-electron chi connectivity index (χ4n) is 3.84. The number of carbonyl (C=O) groups is 2. The summed E-state index contributed by atoms with van der Waals surface area (Å²) in [5, 5.41) is 35.1. The van der Waals surface area contributed by atoms with Crippen molar-refractivity contribution in [3.63, 3.8) is 0 Å². The van der Waals surface area contributed by atoms with Crippen LogP contribution < -0.4 is 10.6 Å². The van der Waals surface area contributed by atoms with Crippen LogP contribution in [-0.2, 0) is 16.0 Å². The van der Waals surface area contributed by atoms with Gasteiger partial charge in [0, 0.05) is 0 Å². The molecule has 7 nitrogen and oxygen atoms in total. The highest BCUT2D eigenvalue weighted by atomic mass is 16.4. The molecule has 0 aliphatic heterocycles. The SMILES string of the molecule is CCC(CC(O)C(C)NC(=O)[C@H](CC(=O)O)NCCCc1ccc(O)cc1)c1ccccc1. The summed E-state index contributed by atoms with van der Waals surface area (Å²) in [7, 11) is 0. The Morgan fingerprint density at radius 2 is 1.70 bits per heavy atom. The summed E-state index contributed by atoms with van der Waals surface area (Å²) in [5.74, 6) is -1.11. The average molecular weight is 457 g/mol. The van der Waals surface area contributed by atoms with Gasteiger partial charge in [0.1, 0.15) is 5.75 Å². The maximum absolute atomic E-state index is 12.7. The number of hydrogen-bond donors (Lipinski definition) is 5. The number of benzene rings is 2. The van der Waals surface area contributed by atoms with E-state index in [4.69, 9.17) is 0 Å². The van der Waals surface area contributed by atoms with Crippen molar-refractivity contribution in [2.45, 2.75) is 70.1 Å². The first kappa shape index (κ1) is 26.4. The van der Waals surface area contributed by atoms with Crippen LogP contribution in [0.1, 0.15) is 56.6 Å². The summed E-state index contributed by atoms with van der Waals surface area (Å²) < 4.78 is 0. The van der Waals surface area contributed by atoms with Gasteiger partial charge in [0.2, 0.25) is 5.91 Å².